The fourth-order valence-corrected chi connectivity index (χ4v) is 0.652. The summed E-state index contributed by atoms with van der Waals surface area (Å²) in [6.07, 6.45) is 1.02. The van der Waals surface area contributed by atoms with Gasteiger partial charge in [0.05, 0.1) is 26.4 Å². The fraction of sp³-hybridized carbons (Fsp3) is 0.875. The third-order valence-electron chi connectivity index (χ3n) is 2.74. The van der Waals surface area contributed by atoms with Crippen LogP contribution in [0, 0.1) is 10.8 Å². The summed E-state index contributed by atoms with van der Waals surface area (Å²) in [4.78, 5) is 19.8. The number of hydrogen-bond donors (Lipinski definition) is 6. The average Bonchev–Trinajstić information content (AvgIpc) is 2.52. The van der Waals surface area contributed by atoms with E-state index in [0.717, 1.165) is 0 Å². The van der Waals surface area contributed by atoms with Crippen LogP contribution >= 0.6 is 0 Å². The molecule has 0 aliphatic heterocycles. The van der Waals surface area contributed by atoms with Crippen molar-refractivity contribution in [3.63, 3.8) is 0 Å². The van der Waals surface area contributed by atoms with E-state index in [1.165, 1.54) is 0 Å². The molecule has 0 aromatic rings. The maximum absolute atomic E-state index is 9.90. The number of aliphatic carboxylic acids is 2. The normalized spacial score (nSPS) is 10.8. The van der Waals surface area contributed by atoms with Gasteiger partial charge in [-0.15, -0.1) is 0 Å². The van der Waals surface area contributed by atoms with Crippen molar-refractivity contribution in [1.29, 1.82) is 0 Å². The molecule has 0 atom stereocenters. The van der Waals surface area contributed by atoms with E-state index in [-0.39, 0.29) is 50.1 Å². The van der Waals surface area contributed by atoms with Gasteiger partial charge in [-0.1, -0.05) is 27.7 Å². The maximum atomic E-state index is 9.90. The number of aliphatic hydroxyl groups excluding tert-OH is 4. The van der Waals surface area contributed by atoms with Gasteiger partial charge in [0.1, 0.15) is 0 Å². The second-order valence-electron chi connectivity index (χ2n) is 6.96. The first-order valence-electron chi connectivity index (χ1n) is 7.74. The summed E-state index contributed by atoms with van der Waals surface area (Å²) in [6.45, 7) is 7.38. The van der Waals surface area contributed by atoms with Crippen LogP contribution in [0.25, 0.3) is 0 Å². The predicted molar refractivity (Wildman–Crippen MR) is 89.6 cm³/mol. The Bertz CT molecular complexity index is 282. The van der Waals surface area contributed by atoms with E-state index in [1.807, 2.05) is 0 Å². The highest BCUT2D eigenvalue weighted by Gasteiger charge is 2.13. The van der Waals surface area contributed by atoms with Gasteiger partial charge in [-0.05, 0) is 12.8 Å². The topological polar surface area (TPSA) is 156 Å². The summed E-state index contributed by atoms with van der Waals surface area (Å²) in [5.41, 5.74) is -0.611. The van der Waals surface area contributed by atoms with E-state index in [9.17, 15) is 9.59 Å². The standard InChI is InChI=1S/C6H10O4.2C5H12O2/c7-5(8)3-1-2-4-6(9)10;2*1-5(2,3-6)4-7/h1-4H2,(H,7,8)(H,9,10);2*6-7H,3-4H2,1-2H3. The van der Waals surface area contributed by atoms with E-state index in [0.29, 0.717) is 12.8 Å². The van der Waals surface area contributed by atoms with Crippen LogP contribution in [-0.4, -0.2) is 69.0 Å². The predicted octanol–water partition coefficient (Wildman–Crippen LogP) is 0.710. The molecule has 0 aliphatic carbocycles. The number of hydrogen-bond acceptors (Lipinski definition) is 6. The van der Waals surface area contributed by atoms with Gasteiger partial charge in [0.15, 0.2) is 0 Å². The van der Waals surface area contributed by atoms with E-state index in [1.54, 1.807) is 27.7 Å². The van der Waals surface area contributed by atoms with Gasteiger partial charge in [-0.2, -0.15) is 0 Å². The lowest BCUT2D eigenvalue weighted by atomic mass is 9.97. The molecule has 146 valence electrons. The van der Waals surface area contributed by atoms with E-state index < -0.39 is 11.9 Å². The van der Waals surface area contributed by atoms with E-state index in [4.69, 9.17) is 30.6 Å². The molecule has 0 aromatic carbocycles. The van der Waals surface area contributed by atoms with E-state index in [2.05, 4.69) is 0 Å². The number of carboxylic acid groups (broad SMARTS) is 2. The molecule has 8 heteroatoms. The highest BCUT2D eigenvalue weighted by atomic mass is 16.4. The molecule has 24 heavy (non-hydrogen) atoms. The fourth-order valence-electron chi connectivity index (χ4n) is 0.652. The number of carboxylic acids is 2. The van der Waals surface area contributed by atoms with E-state index >= 15 is 0 Å². The van der Waals surface area contributed by atoms with Crippen molar-refractivity contribution in [2.75, 3.05) is 26.4 Å². The molecule has 0 heterocycles. The Hall–Kier alpha value is -1.22. The third kappa shape index (κ3) is 25.7. The Labute approximate surface area is 143 Å². The van der Waals surface area contributed by atoms with Crippen LogP contribution in [0.5, 0.6) is 0 Å². The molecule has 0 bridgehead atoms. The second kappa shape index (κ2) is 15.3. The summed E-state index contributed by atoms with van der Waals surface area (Å²) in [5.74, 6) is -1.74. The number of aliphatic hydroxyl groups is 4. The van der Waals surface area contributed by atoms with Crippen LogP contribution in [0.15, 0.2) is 0 Å². The van der Waals surface area contributed by atoms with Gasteiger partial charge >= 0.3 is 11.9 Å². The van der Waals surface area contributed by atoms with Crippen LogP contribution in [0.2, 0.25) is 0 Å². The third-order valence-corrected chi connectivity index (χ3v) is 2.74. The Morgan fingerprint density at radius 2 is 0.833 bits per heavy atom. The number of carbonyl (C=O) groups is 2. The highest BCUT2D eigenvalue weighted by Crippen LogP contribution is 2.10. The summed E-state index contributed by atoms with van der Waals surface area (Å²) < 4.78 is 0. The molecule has 0 fully saturated rings. The number of rotatable bonds is 9. The van der Waals surface area contributed by atoms with Gasteiger partial charge in [0.2, 0.25) is 0 Å². The Morgan fingerprint density at radius 1 is 0.625 bits per heavy atom. The lowest BCUT2D eigenvalue weighted by molar-refractivity contribution is -0.139. The lowest BCUT2D eigenvalue weighted by Gasteiger charge is -2.16. The highest BCUT2D eigenvalue weighted by molar-refractivity contribution is 5.67. The molecular formula is C16H34O8. The molecule has 0 rings (SSSR count). The van der Waals surface area contributed by atoms with Crippen LogP contribution in [-0.2, 0) is 9.59 Å². The van der Waals surface area contributed by atoms with Gasteiger partial charge < -0.3 is 30.6 Å². The van der Waals surface area contributed by atoms with Crippen molar-refractivity contribution >= 4 is 11.9 Å². The Morgan fingerprint density at radius 3 is 0.917 bits per heavy atom. The van der Waals surface area contributed by atoms with Crippen LogP contribution in [0.3, 0.4) is 0 Å². The smallest absolute Gasteiger partial charge is 0.303 e. The SMILES string of the molecule is CC(C)(CO)CO.CC(C)(CO)CO.O=C(O)CCCCC(=O)O. The molecule has 0 aliphatic rings. The van der Waals surface area contributed by atoms with Gasteiger partial charge in [-0.25, -0.2) is 0 Å². The summed E-state index contributed by atoms with van der Waals surface area (Å²) in [5, 5.41) is 50.0. The van der Waals surface area contributed by atoms with Crippen molar-refractivity contribution in [3.05, 3.63) is 0 Å². The minimum Gasteiger partial charge on any atom is -0.481 e. The van der Waals surface area contributed by atoms with Gasteiger partial charge in [-0.3, -0.25) is 9.59 Å². The summed E-state index contributed by atoms with van der Waals surface area (Å²) >= 11 is 0. The summed E-state index contributed by atoms with van der Waals surface area (Å²) in [7, 11) is 0. The first-order valence-corrected chi connectivity index (χ1v) is 7.74. The molecule has 0 amide bonds. The molecule has 6 N–H and O–H groups in total. The van der Waals surface area contributed by atoms with Crippen molar-refractivity contribution in [1.82, 2.24) is 0 Å². The zero-order chi connectivity index (χ0) is 19.8. The Balaban J connectivity index is -0.000000283. The first kappa shape index (κ1) is 27.6. The van der Waals surface area contributed by atoms with Crippen molar-refractivity contribution in [2.45, 2.75) is 53.4 Å². The van der Waals surface area contributed by atoms with Crippen molar-refractivity contribution < 1.29 is 40.2 Å². The average molecular weight is 354 g/mol. The molecule has 0 unspecified atom stereocenters. The lowest BCUT2D eigenvalue weighted by Crippen LogP contribution is -2.20. The van der Waals surface area contributed by atoms with Crippen LogP contribution in [0.1, 0.15) is 53.4 Å². The molecule has 8 nitrogen and oxygen atoms in total. The van der Waals surface area contributed by atoms with Crippen molar-refractivity contribution in [3.8, 4) is 0 Å². The molecule has 0 radical (unpaired) electrons. The van der Waals surface area contributed by atoms with Crippen LogP contribution in [0.4, 0.5) is 0 Å². The molecular weight excluding hydrogens is 320 g/mol. The minimum absolute atomic E-state index is 0.0451. The number of unbranched alkanes of at least 4 members (excludes halogenated alkanes) is 1. The van der Waals surface area contributed by atoms with Gasteiger partial charge in [0.25, 0.3) is 0 Å². The molecule has 0 saturated heterocycles. The largest absolute Gasteiger partial charge is 0.481 e. The maximum Gasteiger partial charge on any atom is 0.303 e. The quantitative estimate of drug-likeness (QED) is 0.331. The monoisotopic (exact) mass is 354 g/mol. The molecule has 0 aromatic heterocycles. The Kier molecular flexibility index (Phi) is 17.6. The molecule has 0 saturated carbocycles. The second-order valence-corrected chi connectivity index (χ2v) is 6.96. The zero-order valence-corrected chi connectivity index (χ0v) is 15.2. The van der Waals surface area contributed by atoms with Gasteiger partial charge in [0, 0.05) is 23.7 Å². The minimum atomic E-state index is -0.870. The molecule has 0 spiro atoms. The van der Waals surface area contributed by atoms with Crippen molar-refractivity contribution in [2.24, 2.45) is 10.8 Å². The zero-order valence-electron chi connectivity index (χ0n) is 15.2. The first-order chi connectivity index (χ1) is 10.9. The van der Waals surface area contributed by atoms with Crippen LogP contribution < -0.4 is 0 Å². The summed E-state index contributed by atoms with van der Waals surface area (Å²) in [6, 6.07) is 0.